The molecule has 0 fully saturated rings. The number of halogens is 1. The zero-order valence-electron chi connectivity index (χ0n) is 11.0. The fraction of sp³-hybridized carbons (Fsp3) is 0.133. The summed E-state index contributed by atoms with van der Waals surface area (Å²) in [5, 5.41) is 11.3. The molecule has 6 heteroatoms. The summed E-state index contributed by atoms with van der Waals surface area (Å²) < 4.78 is 13.0. The molecule has 0 unspecified atom stereocenters. The van der Waals surface area contributed by atoms with Crippen LogP contribution in [0.2, 0.25) is 0 Å². The molecule has 0 saturated carbocycles. The first kappa shape index (κ1) is 14.6. The van der Waals surface area contributed by atoms with Gasteiger partial charge in [-0.3, -0.25) is 14.6 Å². The molecule has 1 aromatic carbocycles. The number of aromatic nitrogens is 1. The number of anilines is 1. The number of hydrogen-bond acceptors (Lipinski definition) is 3. The summed E-state index contributed by atoms with van der Waals surface area (Å²) in [5.74, 6) is -1.94. The molecule has 108 valence electrons. The van der Waals surface area contributed by atoms with E-state index in [1.165, 1.54) is 6.20 Å². The highest BCUT2D eigenvalue weighted by atomic mass is 19.1. The molecule has 1 aromatic heterocycles. The Morgan fingerprint density at radius 3 is 2.76 bits per heavy atom. The Hall–Kier alpha value is -2.76. The molecule has 21 heavy (non-hydrogen) atoms. The van der Waals surface area contributed by atoms with Crippen molar-refractivity contribution in [3.8, 4) is 0 Å². The van der Waals surface area contributed by atoms with Crippen LogP contribution in [0.15, 0.2) is 42.7 Å². The van der Waals surface area contributed by atoms with Crippen molar-refractivity contribution in [2.45, 2.75) is 12.8 Å². The Morgan fingerprint density at radius 2 is 2.05 bits per heavy atom. The normalized spacial score (nSPS) is 10.1. The Kier molecular flexibility index (Phi) is 4.61. The topological polar surface area (TPSA) is 79.3 Å². The molecule has 1 amide bonds. The van der Waals surface area contributed by atoms with Gasteiger partial charge in [0.15, 0.2) is 0 Å². The van der Waals surface area contributed by atoms with Crippen LogP contribution in [0.4, 0.5) is 10.1 Å². The summed E-state index contributed by atoms with van der Waals surface area (Å²) in [5.41, 5.74) is 1.44. The van der Waals surface area contributed by atoms with E-state index < -0.39 is 17.7 Å². The monoisotopic (exact) mass is 288 g/mol. The van der Waals surface area contributed by atoms with Gasteiger partial charge in [-0.15, -0.1) is 0 Å². The van der Waals surface area contributed by atoms with Crippen LogP contribution in [0.1, 0.15) is 22.3 Å². The minimum absolute atomic E-state index is 0.0191. The number of carbonyl (C=O) groups excluding carboxylic acids is 1. The number of hydrogen-bond donors (Lipinski definition) is 2. The average Bonchev–Trinajstić information content (AvgIpc) is 2.45. The number of carboxylic acid groups (broad SMARTS) is 1. The molecule has 2 N–H and O–H groups in total. The highest BCUT2D eigenvalue weighted by Crippen LogP contribution is 2.14. The second-order valence-corrected chi connectivity index (χ2v) is 4.44. The highest BCUT2D eigenvalue weighted by Gasteiger charge is 2.08. The Balaban J connectivity index is 2.07. The van der Waals surface area contributed by atoms with E-state index in [1.807, 2.05) is 0 Å². The Morgan fingerprint density at radius 1 is 1.24 bits per heavy atom. The number of benzene rings is 1. The lowest BCUT2D eigenvalue weighted by Crippen LogP contribution is -2.12. The van der Waals surface area contributed by atoms with Gasteiger partial charge in [-0.1, -0.05) is 12.1 Å². The number of nitrogens with one attached hydrogen (secondary N) is 1. The maximum atomic E-state index is 13.0. The van der Waals surface area contributed by atoms with Crippen molar-refractivity contribution < 1.29 is 19.1 Å². The zero-order valence-corrected chi connectivity index (χ0v) is 11.0. The molecule has 1 heterocycles. The number of rotatable bonds is 5. The maximum Gasteiger partial charge on any atom is 0.303 e. The Labute approximate surface area is 120 Å². The molecule has 0 aliphatic rings. The van der Waals surface area contributed by atoms with Crippen molar-refractivity contribution in [1.82, 2.24) is 4.98 Å². The van der Waals surface area contributed by atoms with Crippen LogP contribution in [-0.2, 0) is 11.2 Å². The molecule has 0 spiro atoms. The number of carboxylic acids is 1. The summed E-state index contributed by atoms with van der Waals surface area (Å²) >= 11 is 0. The van der Waals surface area contributed by atoms with E-state index in [4.69, 9.17) is 5.11 Å². The van der Waals surface area contributed by atoms with Crippen molar-refractivity contribution in [1.29, 1.82) is 0 Å². The van der Waals surface area contributed by atoms with Gasteiger partial charge in [0.25, 0.3) is 5.91 Å². The second kappa shape index (κ2) is 6.60. The van der Waals surface area contributed by atoms with Crippen molar-refractivity contribution >= 4 is 17.6 Å². The van der Waals surface area contributed by atoms with Gasteiger partial charge in [-0.25, -0.2) is 4.39 Å². The molecule has 0 atom stereocenters. The first-order valence-corrected chi connectivity index (χ1v) is 6.27. The van der Waals surface area contributed by atoms with Gasteiger partial charge in [0.2, 0.25) is 0 Å². The Bertz CT molecular complexity index is 673. The first-order valence-electron chi connectivity index (χ1n) is 6.27. The predicted octanol–water partition coefficient (Wildman–Crippen LogP) is 2.49. The number of aliphatic carboxylic acids is 1. The van der Waals surface area contributed by atoms with Crippen LogP contribution >= 0.6 is 0 Å². The van der Waals surface area contributed by atoms with E-state index >= 15 is 0 Å². The van der Waals surface area contributed by atoms with Crippen molar-refractivity contribution in [3.05, 3.63) is 59.7 Å². The van der Waals surface area contributed by atoms with Crippen LogP contribution in [0.5, 0.6) is 0 Å². The SMILES string of the molecule is O=C(O)CCc1cccc(NC(=O)c2cncc(F)c2)c1. The summed E-state index contributed by atoms with van der Waals surface area (Å²) in [7, 11) is 0. The lowest BCUT2D eigenvalue weighted by atomic mass is 10.1. The van der Waals surface area contributed by atoms with Crippen LogP contribution in [0.3, 0.4) is 0 Å². The predicted molar refractivity (Wildman–Crippen MR) is 74.5 cm³/mol. The van der Waals surface area contributed by atoms with Crippen molar-refractivity contribution in [2.75, 3.05) is 5.32 Å². The minimum atomic E-state index is -0.879. The quantitative estimate of drug-likeness (QED) is 0.886. The third-order valence-electron chi connectivity index (χ3n) is 2.78. The van der Waals surface area contributed by atoms with E-state index in [2.05, 4.69) is 10.3 Å². The molecule has 0 aliphatic carbocycles. The van der Waals surface area contributed by atoms with Gasteiger partial charge < -0.3 is 10.4 Å². The fourth-order valence-electron chi connectivity index (χ4n) is 1.80. The number of carbonyl (C=O) groups is 2. The largest absolute Gasteiger partial charge is 0.481 e. The van der Waals surface area contributed by atoms with Crippen LogP contribution in [-0.4, -0.2) is 22.0 Å². The molecule has 0 aliphatic heterocycles. The molecule has 0 radical (unpaired) electrons. The molecular formula is C15H13FN2O3. The molecule has 2 aromatic rings. The van der Waals surface area contributed by atoms with Gasteiger partial charge in [-0.2, -0.15) is 0 Å². The van der Waals surface area contributed by atoms with Crippen LogP contribution in [0, 0.1) is 5.82 Å². The van der Waals surface area contributed by atoms with E-state index in [-0.39, 0.29) is 12.0 Å². The third kappa shape index (κ3) is 4.38. The average molecular weight is 288 g/mol. The minimum Gasteiger partial charge on any atom is -0.481 e. The summed E-state index contributed by atoms with van der Waals surface area (Å²) in [6.45, 7) is 0. The number of aryl methyl sites for hydroxylation is 1. The van der Waals surface area contributed by atoms with Crippen molar-refractivity contribution in [3.63, 3.8) is 0 Å². The van der Waals surface area contributed by atoms with E-state index in [0.717, 1.165) is 17.8 Å². The van der Waals surface area contributed by atoms with E-state index in [9.17, 15) is 14.0 Å². The summed E-state index contributed by atoms with van der Waals surface area (Å²) in [6.07, 6.45) is 2.68. The third-order valence-corrected chi connectivity index (χ3v) is 2.78. The maximum absolute atomic E-state index is 13.0. The summed E-state index contributed by atoms with van der Waals surface area (Å²) in [6, 6.07) is 7.96. The number of amides is 1. The van der Waals surface area contributed by atoms with Gasteiger partial charge >= 0.3 is 5.97 Å². The van der Waals surface area contributed by atoms with Crippen LogP contribution in [0.25, 0.3) is 0 Å². The lowest BCUT2D eigenvalue weighted by molar-refractivity contribution is -0.136. The molecule has 5 nitrogen and oxygen atoms in total. The first-order chi connectivity index (χ1) is 10.0. The van der Waals surface area contributed by atoms with Crippen molar-refractivity contribution in [2.24, 2.45) is 0 Å². The van der Waals surface area contributed by atoms with Gasteiger partial charge in [0, 0.05) is 18.3 Å². The van der Waals surface area contributed by atoms with E-state index in [0.29, 0.717) is 12.1 Å². The highest BCUT2D eigenvalue weighted by molar-refractivity contribution is 6.04. The van der Waals surface area contributed by atoms with Gasteiger partial charge in [0.1, 0.15) is 5.82 Å². The molecular weight excluding hydrogens is 275 g/mol. The van der Waals surface area contributed by atoms with Gasteiger partial charge in [0.05, 0.1) is 11.8 Å². The van der Waals surface area contributed by atoms with Gasteiger partial charge in [-0.05, 0) is 30.2 Å². The zero-order chi connectivity index (χ0) is 15.2. The lowest BCUT2D eigenvalue weighted by Gasteiger charge is -2.07. The molecule has 2 rings (SSSR count). The number of pyridine rings is 1. The fourth-order valence-corrected chi connectivity index (χ4v) is 1.80. The molecule has 0 bridgehead atoms. The standard InChI is InChI=1S/C15H13FN2O3/c16-12-7-11(8-17-9-12)15(21)18-13-3-1-2-10(6-13)4-5-14(19)20/h1-3,6-9H,4-5H2,(H,18,21)(H,19,20). The second-order valence-electron chi connectivity index (χ2n) is 4.44. The summed E-state index contributed by atoms with van der Waals surface area (Å²) in [4.78, 5) is 26.1. The van der Waals surface area contributed by atoms with E-state index in [1.54, 1.807) is 24.3 Å². The van der Waals surface area contributed by atoms with Crippen LogP contribution < -0.4 is 5.32 Å². The smallest absolute Gasteiger partial charge is 0.303 e. The number of nitrogens with zero attached hydrogens (tertiary/aromatic N) is 1. The molecule has 0 saturated heterocycles.